The Kier molecular flexibility index (Phi) is 6.62. The largest absolute Gasteiger partial charge is 0.491 e. The summed E-state index contributed by atoms with van der Waals surface area (Å²) in [5.41, 5.74) is 3.72. The van der Waals surface area contributed by atoms with Crippen LogP contribution in [-0.4, -0.2) is 45.1 Å². The SMILES string of the molecule is C#Cc1ccc2[nH]c([C@H]([C@@H](C)c3ccccc3)N3C(=O)NC(c4ccc(OCCO)cc4)C3=O)nc2c1. The molecule has 3 aromatic carbocycles. The predicted molar refractivity (Wildman–Crippen MR) is 139 cm³/mol. The van der Waals surface area contributed by atoms with E-state index in [1.807, 2.05) is 49.4 Å². The molecule has 1 aliphatic rings. The van der Waals surface area contributed by atoms with Gasteiger partial charge in [-0.15, -0.1) is 6.42 Å². The summed E-state index contributed by atoms with van der Waals surface area (Å²) >= 11 is 0. The smallest absolute Gasteiger partial charge is 0.325 e. The number of benzene rings is 3. The number of hydrogen-bond donors (Lipinski definition) is 3. The molecule has 0 bridgehead atoms. The van der Waals surface area contributed by atoms with Crippen LogP contribution in [0.1, 0.15) is 47.4 Å². The standard InChI is InChI=1S/C29H26N4O4/c1-3-19-9-14-23-24(17-19)31-27(30-23)26(18(2)20-7-5-4-6-8-20)33-28(35)25(32-29(33)36)21-10-12-22(13-11-21)37-16-15-34/h1,4-14,17-18,25-26,34H,15-16H2,2H3,(H,30,31)(H,32,36)/t18-,25?,26-/m0/s1. The molecular formula is C29H26N4O4. The number of nitrogens with zero attached hydrogens (tertiary/aromatic N) is 2. The third-order valence-electron chi connectivity index (χ3n) is 6.57. The van der Waals surface area contributed by atoms with Crippen LogP contribution in [0.4, 0.5) is 4.79 Å². The second-order valence-corrected chi connectivity index (χ2v) is 8.87. The molecule has 1 unspecified atom stereocenters. The first-order valence-electron chi connectivity index (χ1n) is 12.0. The number of imide groups is 1. The molecule has 3 N–H and O–H groups in total. The van der Waals surface area contributed by atoms with Crippen molar-refractivity contribution >= 4 is 23.0 Å². The minimum Gasteiger partial charge on any atom is -0.491 e. The van der Waals surface area contributed by atoms with Gasteiger partial charge in [-0.3, -0.25) is 9.69 Å². The predicted octanol–water partition coefficient (Wildman–Crippen LogP) is 4.05. The fraction of sp³-hybridized carbons (Fsp3) is 0.207. The van der Waals surface area contributed by atoms with Gasteiger partial charge in [-0.1, -0.05) is 55.3 Å². The molecule has 5 rings (SSSR count). The van der Waals surface area contributed by atoms with Gasteiger partial charge in [0.1, 0.15) is 30.3 Å². The number of aromatic amines is 1. The zero-order chi connectivity index (χ0) is 25.9. The van der Waals surface area contributed by atoms with E-state index in [0.29, 0.717) is 28.2 Å². The summed E-state index contributed by atoms with van der Waals surface area (Å²) in [5, 5.41) is 11.8. The Hall–Kier alpha value is -4.61. The van der Waals surface area contributed by atoms with Crippen LogP contribution < -0.4 is 10.1 Å². The highest BCUT2D eigenvalue weighted by atomic mass is 16.5. The maximum Gasteiger partial charge on any atom is 0.325 e. The summed E-state index contributed by atoms with van der Waals surface area (Å²) in [6, 6.07) is 20.0. The Bertz CT molecular complexity index is 1470. The zero-order valence-corrected chi connectivity index (χ0v) is 20.2. The number of urea groups is 1. The van der Waals surface area contributed by atoms with Crippen molar-refractivity contribution in [2.24, 2.45) is 0 Å². The molecule has 8 heteroatoms. The van der Waals surface area contributed by atoms with Crippen LogP contribution in [0.5, 0.6) is 5.75 Å². The van der Waals surface area contributed by atoms with Crippen LogP contribution in [0.25, 0.3) is 11.0 Å². The lowest BCUT2D eigenvalue weighted by Gasteiger charge is -2.29. The van der Waals surface area contributed by atoms with Crippen LogP contribution in [0.15, 0.2) is 72.8 Å². The van der Waals surface area contributed by atoms with Gasteiger partial charge in [0.15, 0.2) is 0 Å². The lowest BCUT2D eigenvalue weighted by atomic mass is 9.91. The highest BCUT2D eigenvalue weighted by molar-refractivity contribution is 6.05. The van der Waals surface area contributed by atoms with E-state index in [2.05, 4.69) is 16.2 Å². The maximum absolute atomic E-state index is 13.7. The van der Waals surface area contributed by atoms with Crippen LogP contribution in [0.2, 0.25) is 0 Å². The van der Waals surface area contributed by atoms with Crippen LogP contribution in [0.3, 0.4) is 0 Å². The zero-order valence-electron chi connectivity index (χ0n) is 20.2. The molecule has 37 heavy (non-hydrogen) atoms. The average molecular weight is 495 g/mol. The molecule has 0 radical (unpaired) electrons. The second kappa shape index (κ2) is 10.2. The summed E-state index contributed by atoms with van der Waals surface area (Å²) in [7, 11) is 0. The molecular weight excluding hydrogens is 468 g/mol. The fourth-order valence-electron chi connectivity index (χ4n) is 4.68. The summed E-state index contributed by atoms with van der Waals surface area (Å²) in [4.78, 5) is 36.4. The minimum atomic E-state index is -0.845. The molecule has 8 nitrogen and oxygen atoms in total. The Labute approximate surface area is 214 Å². The van der Waals surface area contributed by atoms with Crippen molar-refractivity contribution in [3.05, 3.63) is 95.3 Å². The quantitative estimate of drug-likeness (QED) is 0.253. The van der Waals surface area contributed by atoms with E-state index >= 15 is 0 Å². The van der Waals surface area contributed by atoms with Gasteiger partial charge in [0, 0.05) is 11.5 Å². The van der Waals surface area contributed by atoms with Crippen molar-refractivity contribution < 1.29 is 19.4 Å². The van der Waals surface area contributed by atoms with E-state index in [4.69, 9.17) is 21.3 Å². The number of ether oxygens (including phenoxy) is 1. The lowest BCUT2D eigenvalue weighted by molar-refractivity contribution is -0.129. The van der Waals surface area contributed by atoms with Crippen molar-refractivity contribution in [1.29, 1.82) is 0 Å². The van der Waals surface area contributed by atoms with Gasteiger partial charge < -0.3 is 20.1 Å². The molecule has 1 fully saturated rings. The number of aliphatic hydroxyl groups is 1. The van der Waals surface area contributed by atoms with Crippen molar-refractivity contribution in [2.45, 2.75) is 24.9 Å². The number of fused-ring (bicyclic) bond motifs is 1. The van der Waals surface area contributed by atoms with Crippen molar-refractivity contribution in [1.82, 2.24) is 20.2 Å². The van der Waals surface area contributed by atoms with Gasteiger partial charge in [-0.05, 0) is 41.5 Å². The van der Waals surface area contributed by atoms with Gasteiger partial charge in [0.2, 0.25) is 0 Å². The summed E-state index contributed by atoms with van der Waals surface area (Å²) in [5.74, 6) is 3.05. The highest BCUT2D eigenvalue weighted by Gasteiger charge is 2.46. The average Bonchev–Trinajstić information content (AvgIpc) is 3.48. The lowest BCUT2D eigenvalue weighted by Crippen LogP contribution is -2.38. The number of aliphatic hydroxyl groups excluding tert-OH is 1. The maximum atomic E-state index is 13.7. The van der Waals surface area contributed by atoms with Gasteiger partial charge in [0.25, 0.3) is 5.91 Å². The molecule has 2 heterocycles. The molecule has 4 aromatic rings. The number of hydrogen-bond acceptors (Lipinski definition) is 5. The van der Waals surface area contributed by atoms with E-state index < -0.39 is 18.1 Å². The van der Waals surface area contributed by atoms with Gasteiger partial charge in [-0.2, -0.15) is 0 Å². The molecule has 186 valence electrons. The molecule has 3 atom stereocenters. The normalized spacial score (nSPS) is 16.9. The molecule has 1 aliphatic heterocycles. The molecule has 0 saturated carbocycles. The van der Waals surface area contributed by atoms with Crippen LogP contribution in [0, 0.1) is 12.3 Å². The van der Waals surface area contributed by atoms with Crippen molar-refractivity contribution in [3.63, 3.8) is 0 Å². The monoisotopic (exact) mass is 494 g/mol. The Morgan fingerprint density at radius 1 is 1.11 bits per heavy atom. The highest BCUT2D eigenvalue weighted by Crippen LogP contribution is 2.39. The van der Waals surface area contributed by atoms with Crippen LogP contribution >= 0.6 is 0 Å². The van der Waals surface area contributed by atoms with E-state index in [1.54, 1.807) is 30.3 Å². The number of imidazole rings is 1. The van der Waals surface area contributed by atoms with E-state index in [1.165, 1.54) is 4.90 Å². The van der Waals surface area contributed by atoms with Crippen molar-refractivity contribution in [3.8, 4) is 18.1 Å². The van der Waals surface area contributed by atoms with Gasteiger partial charge in [-0.25, -0.2) is 9.78 Å². The van der Waals surface area contributed by atoms with Gasteiger partial charge in [0.05, 0.1) is 17.6 Å². The summed E-state index contributed by atoms with van der Waals surface area (Å²) in [6.45, 7) is 2.05. The third-order valence-corrected chi connectivity index (χ3v) is 6.57. The van der Waals surface area contributed by atoms with E-state index in [0.717, 1.165) is 11.1 Å². The number of aromatic nitrogens is 2. The molecule has 1 saturated heterocycles. The first-order valence-corrected chi connectivity index (χ1v) is 12.0. The Balaban J connectivity index is 1.52. The van der Waals surface area contributed by atoms with Crippen molar-refractivity contribution in [2.75, 3.05) is 13.2 Å². The number of amides is 3. The molecule has 0 aliphatic carbocycles. The van der Waals surface area contributed by atoms with Gasteiger partial charge >= 0.3 is 6.03 Å². The fourth-order valence-corrected chi connectivity index (χ4v) is 4.68. The topological polar surface area (TPSA) is 108 Å². The number of nitrogens with one attached hydrogen (secondary N) is 2. The minimum absolute atomic E-state index is 0.0965. The number of terminal acetylenes is 1. The molecule has 0 spiro atoms. The number of rotatable bonds is 8. The second-order valence-electron chi connectivity index (χ2n) is 8.87. The third kappa shape index (κ3) is 4.65. The van der Waals surface area contributed by atoms with Crippen LogP contribution in [-0.2, 0) is 4.79 Å². The van der Waals surface area contributed by atoms with E-state index in [9.17, 15) is 9.59 Å². The Morgan fingerprint density at radius 2 is 1.86 bits per heavy atom. The Morgan fingerprint density at radius 3 is 2.57 bits per heavy atom. The number of H-pyrrole nitrogens is 1. The first kappa shape index (κ1) is 24.1. The number of carbonyl (C=O) groups excluding carboxylic acids is 2. The number of carbonyl (C=O) groups is 2. The first-order chi connectivity index (χ1) is 18.0. The molecule has 1 aromatic heterocycles. The summed E-state index contributed by atoms with van der Waals surface area (Å²) < 4.78 is 5.41. The summed E-state index contributed by atoms with van der Waals surface area (Å²) in [6.07, 6.45) is 5.56. The van der Waals surface area contributed by atoms with E-state index in [-0.39, 0.29) is 25.0 Å². The molecule has 3 amide bonds.